The van der Waals surface area contributed by atoms with Crippen molar-refractivity contribution in [2.45, 2.75) is 71.0 Å². The molecule has 0 aliphatic heterocycles. The van der Waals surface area contributed by atoms with Crippen LogP contribution in [0.15, 0.2) is 40.9 Å². The smallest absolute Gasteiger partial charge is 0.130 e. The van der Waals surface area contributed by atoms with Crippen LogP contribution in [0.2, 0.25) is 16.6 Å². The highest BCUT2D eigenvalue weighted by Crippen LogP contribution is 2.40. The van der Waals surface area contributed by atoms with Gasteiger partial charge in [0.05, 0.1) is 0 Å². The second-order valence-electron chi connectivity index (χ2n) is 7.96. The van der Waals surface area contributed by atoms with Crippen molar-refractivity contribution in [1.29, 1.82) is 0 Å². The normalized spacial score (nSPS) is 12.1. The molecule has 134 valence electrons. The van der Waals surface area contributed by atoms with Crippen LogP contribution in [0.3, 0.4) is 0 Å². The molecule has 0 saturated carbocycles. The lowest BCUT2D eigenvalue weighted by Gasteiger charge is -2.38. The Hall–Kier alpha value is -1.04. The molecule has 0 aliphatic carbocycles. The Balaban J connectivity index is 2.20. The van der Waals surface area contributed by atoms with Crippen molar-refractivity contribution >= 4 is 34.8 Å². The Morgan fingerprint density at radius 3 is 2.08 bits per heavy atom. The molecule has 2 aromatic carbocycles. The van der Waals surface area contributed by atoms with E-state index in [1.807, 2.05) is 0 Å². The number of benzene rings is 2. The molecule has 0 bridgehead atoms. The fourth-order valence-corrected chi connectivity index (χ4v) is 10.3. The van der Waals surface area contributed by atoms with E-state index < -0.39 is 8.07 Å². The van der Waals surface area contributed by atoms with Gasteiger partial charge in [0.1, 0.15) is 8.07 Å². The van der Waals surface area contributed by atoms with Crippen LogP contribution < -0.4 is 0 Å². The molecule has 0 aromatic heterocycles. The molecule has 0 fully saturated rings. The number of aryl methyl sites for hydroxylation is 1. The summed E-state index contributed by atoms with van der Waals surface area (Å²) in [5.74, 6) is 3.58. The topological polar surface area (TPSA) is 0 Å². The largest absolute Gasteiger partial charge is 0.145 e. The van der Waals surface area contributed by atoms with E-state index in [-0.39, 0.29) is 0 Å². The van der Waals surface area contributed by atoms with E-state index in [1.54, 1.807) is 0 Å². The fourth-order valence-electron chi connectivity index (χ4n) is 4.32. The minimum atomic E-state index is -1.60. The fraction of sp³-hybridized carbons (Fsp3) is 0.478. The predicted octanol–water partition coefficient (Wildman–Crippen LogP) is 7.76. The maximum atomic E-state index is 3.83. The predicted molar refractivity (Wildman–Crippen MR) is 119 cm³/mol. The monoisotopic (exact) mass is 414 g/mol. The first-order chi connectivity index (χ1) is 11.8. The van der Waals surface area contributed by atoms with Gasteiger partial charge in [-0.2, -0.15) is 0 Å². The number of hydrogen-bond donors (Lipinski definition) is 0. The van der Waals surface area contributed by atoms with Gasteiger partial charge in [-0.3, -0.25) is 0 Å². The third-order valence-electron chi connectivity index (χ3n) is 5.63. The molecule has 2 rings (SSSR count). The molecule has 0 N–H and O–H groups in total. The van der Waals surface area contributed by atoms with Gasteiger partial charge in [-0.15, -0.1) is 11.5 Å². The molecule has 0 saturated heterocycles. The van der Waals surface area contributed by atoms with Gasteiger partial charge in [0.2, 0.25) is 0 Å². The molecule has 0 atom stereocenters. The molecular formula is C23H31BrSi. The summed E-state index contributed by atoms with van der Waals surface area (Å²) >= 11 is 3.80. The van der Waals surface area contributed by atoms with Crippen molar-refractivity contribution in [3.05, 3.63) is 46.4 Å². The first-order valence-electron chi connectivity index (χ1n) is 9.46. The third-order valence-corrected chi connectivity index (χ3v) is 12.9. The molecule has 0 heterocycles. The van der Waals surface area contributed by atoms with Gasteiger partial charge in [0.25, 0.3) is 0 Å². The van der Waals surface area contributed by atoms with Crippen LogP contribution in [0.1, 0.15) is 53.5 Å². The van der Waals surface area contributed by atoms with Gasteiger partial charge in [-0.25, -0.2) is 0 Å². The molecule has 0 unspecified atom stereocenters. The minimum Gasteiger partial charge on any atom is -0.130 e. The average Bonchev–Trinajstić information content (AvgIpc) is 2.56. The SMILES string of the molecule is CC(C)[Si](C#CCCc1ccc2ccccc2c1Br)(C(C)C)C(C)C. The van der Waals surface area contributed by atoms with Crippen LogP contribution in [0.4, 0.5) is 0 Å². The van der Waals surface area contributed by atoms with Gasteiger partial charge in [0.15, 0.2) is 0 Å². The number of hydrogen-bond acceptors (Lipinski definition) is 0. The Labute approximate surface area is 163 Å². The summed E-state index contributed by atoms with van der Waals surface area (Å²) in [7, 11) is -1.60. The Kier molecular flexibility index (Phi) is 6.94. The van der Waals surface area contributed by atoms with E-state index in [0.29, 0.717) is 16.6 Å². The maximum Gasteiger partial charge on any atom is 0.145 e. The molecular weight excluding hydrogens is 384 g/mol. The van der Waals surface area contributed by atoms with Crippen molar-refractivity contribution in [2.24, 2.45) is 0 Å². The van der Waals surface area contributed by atoms with Crippen LogP contribution in [-0.4, -0.2) is 8.07 Å². The molecule has 2 aromatic rings. The lowest BCUT2D eigenvalue weighted by atomic mass is 10.0. The quantitative estimate of drug-likeness (QED) is 0.346. The summed E-state index contributed by atoms with van der Waals surface area (Å²) in [6.45, 7) is 14.3. The van der Waals surface area contributed by atoms with Gasteiger partial charge in [-0.1, -0.05) is 77.9 Å². The molecule has 25 heavy (non-hydrogen) atoms. The molecule has 0 aliphatic rings. The molecule has 2 heteroatoms. The molecule has 0 spiro atoms. The lowest BCUT2D eigenvalue weighted by molar-refractivity contribution is 0.838. The first-order valence-corrected chi connectivity index (χ1v) is 12.5. The van der Waals surface area contributed by atoms with Gasteiger partial charge in [-0.05, 0) is 55.3 Å². The molecule has 0 amide bonds. The first kappa shape index (κ1) is 20.3. The van der Waals surface area contributed by atoms with Crippen molar-refractivity contribution in [2.75, 3.05) is 0 Å². The minimum absolute atomic E-state index is 0.701. The van der Waals surface area contributed by atoms with Crippen LogP contribution in [0.5, 0.6) is 0 Å². The Morgan fingerprint density at radius 1 is 0.880 bits per heavy atom. The van der Waals surface area contributed by atoms with Crippen molar-refractivity contribution in [3.8, 4) is 11.5 Å². The number of rotatable bonds is 5. The van der Waals surface area contributed by atoms with Crippen molar-refractivity contribution < 1.29 is 0 Å². The van der Waals surface area contributed by atoms with E-state index in [0.717, 1.165) is 12.8 Å². The maximum absolute atomic E-state index is 3.83. The highest BCUT2D eigenvalue weighted by molar-refractivity contribution is 9.10. The zero-order valence-corrected chi connectivity index (χ0v) is 19.1. The van der Waals surface area contributed by atoms with E-state index in [1.165, 1.54) is 20.8 Å². The summed E-state index contributed by atoms with van der Waals surface area (Å²) in [6, 6.07) is 13.0. The summed E-state index contributed by atoms with van der Waals surface area (Å²) in [4.78, 5) is 0. The summed E-state index contributed by atoms with van der Waals surface area (Å²) in [5.41, 5.74) is 7.30. The zero-order chi connectivity index (χ0) is 18.6. The highest BCUT2D eigenvalue weighted by atomic mass is 79.9. The van der Waals surface area contributed by atoms with Crippen molar-refractivity contribution in [3.63, 3.8) is 0 Å². The van der Waals surface area contributed by atoms with E-state index in [9.17, 15) is 0 Å². The summed E-state index contributed by atoms with van der Waals surface area (Å²) < 4.78 is 1.23. The van der Waals surface area contributed by atoms with Crippen LogP contribution in [0, 0.1) is 11.5 Å². The second-order valence-corrected chi connectivity index (χ2v) is 14.3. The standard InChI is InChI=1S/C23H31BrSi/c1-17(2)25(18(3)4,19(5)6)16-10-9-12-21-15-14-20-11-7-8-13-22(20)23(21)24/h7-8,11,13-15,17-19H,9,12H2,1-6H3. The van der Waals surface area contributed by atoms with E-state index >= 15 is 0 Å². The van der Waals surface area contributed by atoms with Crippen LogP contribution in [0.25, 0.3) is 10.8 Å². The second kappa shape index (κ2) is 8.56. The Morgan fingerprint density at radius 2 is 1.48 bits per heavy atom. The van der Waals surface area contributed by atoms with E-state index in [4.69, 9.17) is 0 Å². The zero-order valence-electron chi connectivity index (χ0n) is 16.5. The molecule has 0 nitrogen and oxygen atoms in total. The lowest BCUT2D eigenvalue weighted by Crippen LogP contribution is -2.43. The molecule has 0 radical (unpaired) electrons. The van der Waals surface area contributed by atoms with Crippen molar-refractivity contribution in [1.82, 2.24) is 0 Å². The van der Waals surface area contributed by atoms with Gasteiger partial charge < -0.3 is 0 Å². The number of fused-ring (bicyclic) bond motifs is 1. The van der Waals surface area contributed by atoms with Gasteiger partial charge in [0, 0.05) is 10.9 Å². The Bertz CT molecular complexity index is 756. The van der Waals surface area contributed by atoms with Gasteiger partial charge >= 0.3 is 0 Å². The van der Waals surface area contributed by atoms with E-state index in [2.05, 4.69) is 105 Å². The summed E-state index contributed by atoms with van der Waals surface area (Å²) in [5, 5.41) is 2.58. The third kappa shape index (κ3) is 4.21. The number of halogens is 1. The van der Waals surface area contributed by atoms with Crippen LogP contribution in [-0.2, 0) is 6.42 Å². The summed E-state index contributed by atoms with van der Waals surface area (Å²) in [6.07, 6.45) is 1.95. The van der Waals surface area contributed by atoms with Crippen LogP contribution >= 0.6 is 15.9 Å². The highest BCUT2D eigenvalue weighted by Gasteiger charge is 2.41. The average molecular weight is 415 g/mol.